The summed E-state index contributed by atoms with van der Waals surface area (Å²) >= 11 is 0. The molecule has 6 nitrogen and oxygen atoms in total. The summed E-state index contributed by atoms with van der Waals surface area (Å²) in [6.45, 7) is 6.20. The molecule has 0 aromatic carbocycles. The summed E-state index contributed by atoms with van der Waals surface area (Å²) in [6, 6.07) is 0. The number of likely N-dealkylation sites (tertiary alicyclic amines) is 1. The van der Waals surface area contributed by atoms with E-state index in [-0.39, 0.29) is 5.92 Å². The molecule has 6 heteroatoms. The van der Waals surface area contributed by atoms with Crippen LogP contribution in [0.4, 0.5) is 0 Å². The molecule has 0 spiro atoms. The summed E-state index contributed by atoms with van der Waals surface area (Å²) in [7, 11) is 1.88. The molecule has 0 radical (unpaired) electrons. The number of carbonyl (C=O) groups is 1. The maximum atomic E-state index is 11.4. The topological polar surface area (TPSA) is 71.2 Å². The van der Waals surface area contributed by atoms with Gasteiger partial charge in [-0.25, -0.2) is 4.98 Å². The van der Waals surface area contributed by atoms with Gasteiger partial charge in [0.25, 0.3) is 0 Å². The summed E-state index contributed by atoms with van der Waals surface area (Å²) in [4.78, 5) is 17.9. The first-order valence-electron chi connectivity index (χ1n) is 6.70. The summed E-state index contributed by atoms with van der Waals surface area (Å²) in [5.41, 5.74) is -0.668. The molecule has 1 saturated heterocycles. The molecule has 1 aliphatic rings. The number of aromatic nitrogens is 3. The number of hydrogen-bond donors (Lipinski definition) is 1. The Morgan fingerprint density at radius 1 is 1.58 bits per heavy atom. The van der Waals surface area contributed by atoms with Gasteiger partial charge in [-0.2, -0.15) is 5.10 Å². The molecule has 2 heterocycles. The van der Waals surface area contributed by atoms with Crippen molar-refractivity contribution >= 4 is 5.97 Å². The molecule has 1 aliphatic heterocycles. The first-order valence-corrected chi connectivity index (χ1v) is 6.70. The normalized spacial score (nSPS) is 21.5. The minimum atomic E-state index is -0.710. The molecule has 0 aliphatic carbocycles. The maximum Gasteiger partial charge on any atom is 0.309 e. The average molecular weight is 266 g/mol. The van der Waals surface area contributed by atoms with Crippen molar-refractivity contribution in [1.29, 1.82) is 0 Å². The largest absolute Gasteiger partial charge is 0.481 e. The molecule has 1 aromatic rings. The molecular formula is C13H22N4O2. The number of nitrogens with zero attached hydrogens (tertiary/aromatic N) is 4. The third kappa shape index (κ3) is 2.94. The zero-order valence-corrected chi connectivity index (χ0v) is 11.8. The van der Waals surface area contributed by atoms with E-state index in [1.165, 1.54) is 0 Å². The first kappa shape index (κ1) is 14.0. The second kappa shape index (κ2) is 5.28. The second-order valence-corrected chi connectivity index (χ2v) is 5.90. The van der Waals surface area contributed by atoms with Crippen LogP contribution in [0.25, 0.3) is 0 Å². The van der Waals surface area contributed by atoms with Gasteiger partial charge in [0, 0.05) is 13.6 Å². The van der Waals surface area contributed by atoms with Crippen LogP contribution in [0.3, 0.4) is 0 Å². The van der Waals surface area contributed by atoms with E-state index < -0.39 is 11.4 Å². The van der Waals surface area contributed by atoms with Gasteiger partial charge in [0.05, 0.1) is 12.0 Å². The molecule has 19 heavy (non-hydrogen) atoms. The molecular weight excluding hydrogens is 244 g/mol. The highest BCUT2D eigenvalue weighted by molar-refractivity contribution is 5.74. The fraction of sp³-hybridized carbons (Fsp3) is 0.769. The highest BCUT2D eigenvalue weighted by Crippen LogP contribution is 2.34. The van der Waals surface area contributed by atoms with Gasteiger partial charge in [-0.3, -0.25) is 14.4 Å². The van der Waals surface area contributed by atoms with Crippen LogP contribution in [0.1, 0.15) is 32.5 Å². The standard InChI is InChI=1S/C13H22N4O2/c1-13(2,12(18)19)10-5-4-6-17(7-10)8-11-14-9-15-16(11)3/h9-10H,4-8H2,1-3H3,(H,18,19). The molecule has 1 unspecified atom stereocenters. The maximum absolute atomic E-state index is 11.4. The van der Waals surface area contributed by atoms with Crippen molar-refractivity contribution in [1.82, 2.24) is 19.7 Å². The fourth-order valence-electron chi connectivity index (χ4n) is 2.63. The molecule has 106 valence electrons. The SMILES string of the molecule is Cn1ncnc1CN1CCCC(C(C)(C)C(=O)O)C1. The minimum Gasteiger partial charge on any atom is -0.481 e. The highest BCUT2D eigenvalue weighted by Gasteiger charge is 2.39. The van der Waals surface area contributed by atoms with Crippen LogP contribution in [0.2, 0.25) is 0 Å². The van der Waals surface area contributed by atoms with Crippen molar-refractivity contribution in [3.63, 3.8) is 0 Å². The Balaban J connectivity index is 2.02. The van der Waals surface area contributed by atoms with Crippen molar-refractivity contribution in [2.75, 3.05) is 13.1 Å². The van der Waals surface area contributed by atoms with Crippen LogP contribution in [0.15, 0.2) is 6.33 Å². The van der Waals surface area contributed by atoms with Crippen LogP contribution < -0.4 is 0 Å². The Hall–Kier alpha value is -1.43. The summed E-state index contributed by atoms with van der Waals surface area (Å²) in [5.74, 6) is 0.402. The molecule has 1 N–H and O–H groups in total. The quantitative estimate of drug-likeness (QED) is 0.884. The summed E-state index contributed by atoms with van der Waals surface area (Å²) in [6.07, 6.45) is 3.58. The van der Waals surface area contributed by atoms with E-state index in [0.717, 1.165) is 38.3 Å². The first-order chi connectivity index (χ1) is 8.91. The van der Waals surface area contributed by atoms with Gasteiger partial charge in [0.2, 0.25) is 0 Å². The van der Waals surface area contributed by atoms with E-state index in [1.54, 1.807) is 11.0 Å². The van der Waals surface area contributed by atoms with Crippen LogP contribution in [0, 0.1) is 11.3 Å². The average Bonchev–Trinajstić information content (AvgIpc) is 2.75. The monoisotopic (exact) mass is 266 g/mol. The molecule has 1 fully saturated rings. The number of carboxylic acids is 1. The van der Waals surface area contributed by atoms with E-state index in [1.807, 2.05) is 20.9 Å². The molecule has 1 atom stereocenters. The van der Waals surface area contributed by atoms with Gasteiger partial charge in [-0.15, -0.1) is 0 Å². The zero-order chi connectivity index (χ0) is 14.0. The van der Waals surface area contributed by atoms with Gasteiger partial charge in [-0.1, -0.05) is 0 Å². The predicted octanol–water partition coefficient (Wildman–Crippen LogP) is 1.14. The second-order valence-electron chi connectivity index (χ2n) is 5.90. The molecule has 0 bridgehead atoms. The van der Waals surface area contributed by atoms with Gasteiger partial charge < -0.3 is 5.11 Å². The lowest BCUT2D eigenvalue weighted by molar-refractivity contribution is -0.151. The minimum absolute atomic E-state index is 0.187. The lowest BCUT2D eigenvalue weighted by Gasteiger charge is -2.39. The van der Waals surface area contributed by atoms with E-state index >= 15 is 0 Å². The van der Waals surface area contributed by atoms with Crippen LogP contribution in [0.5, 0.6) is 0 Å². The fourth-order valence-corrected chi connectivity index (χ4v) is 2.63. The molecule has 0 amide bonds. The van der Waals surface area contributed by atoms with Crippen LogP contribution in [-0.2, 0) is 18.4 Å². The Kier molecular flexibility index (Phi) is 3.89. The van der Waals surface area contributed by atoms with Crippen LogP contribution >= 0.6 is 0 Å². The van der Waals surface area contributed by atoms with E-state index in [2.05, 4.69) is 15.0 Å². The van der Waals surface area contributed by atoms with Crippen molar-refractivity contribution in [2.45, 2.75) is 33.2 Å². The highest BCUT2D eigenvalue weighted by atomic mass is 16.4. The van der Waals surface area contributed by atoms with Crippen molar-refractivity contribution in [2.24, 2.45) is 18.4 Å². The summed E-state index contributed by atoms with van der Waals surface area (Å²) < 4.78 is 1.77. The van der Waals surface area contributed by atoms with Crippen molar-refractivity contribution in [3.05, 3.63) is 12.2 Å². The zero-order valence-electron chi connectivity index (χ0n) is 11.8. The predicted molar refractivity (Wildman–Crippen MR) is 70.4 cm³/mol. The van der Waals surface area contributed by atoms with E-state index in [4.69, 9.17) is 0 Å². The van der Waals surface area contributed by atoms with Crippen molar-refractivity contribution < 1.29 is 9.90 Å². The lowest BCUT2D eigenvalue weighted by Crippen LogP contribution is -2.44. The van der Waals surface area contributed by atoms with Gasteiger partial charge in [0.15, 0.2) is 0 Å². The van der Waals surface area contributed by atoms with Gasteiger partial charge in [-0.05, 0) is 39.2 Å². The number of aliphatic carboxylic acids is 1. The smallest absolute Gasteiger partial charge is 0.309 e. The number of hydrogen-bond acceptors (Lipinski definition) is 4. The third-order valence-corrected chi connectivity index (χ3v) is 4.25. The Morgan fingerprint density at radius 3 is 2.89 bits per heavy atom. The van der Waals surface area contributed by atoms with Gasteiger partial charge in [0.1, 0.15) is 12.2 Å². The third-order valence-electron chi connectivity index (χ3n) is 4.25. The Morgan fingerprint density at radius 2 is 2.32 bits per heavy atom. The summed E-state index contributed by atoms with van der Waals surface area (Å²) in [5, 5.41) is 13.4. The van der Waals surface area contributed by atoms with E-state index in [0.29, 0.717) is 0 Å². The Labute approximate surface area is 113 Å². The van der Waals surface area contributed by atoms with Crippen molar-refractivity contribution in [3.8, 4) is 0 Å². The van der Waals surface area contributed by atoms with E-state index in [9.17, 15) is 9.90 Å². The molecule has 1 aromatic heterocycles. The molecule has 2 rings (SSSR count). The van der Waals surface area contributed by atoms with Gasteiger partial charge >= 0.3 is 5.97 Å². The van der Waals surface area contributed by atoms with Crippen LogP contribution in [-0.4, -0.2) is 43.8 Å². The number of piperidine rings is 1. The molecule has 0 saturated carbocycles. The Bertz CT molecular complexity index is 455. The number of carboxylic acid groups (broad SMARTS) is 1. The lowest BCUT2D eigenvalue weighted by atomic mass is 9.74. The number of rotatable bonds is 4. The number of aryl methyl sites for hydroxylation is 1.